The van der Waals surface area contributed by atoms with Gasteiger partial charge in [-0.05, 0) is 18.1 Å². The molecule has 0 aliphatic rings. The van der Waals surface area contributed by atoms with Crippen molar-refractivity contribution in [1.29, 1.82) is 0 Å². The van der Waals surface area contributed by atoms with Crippen LogP contribution in [0.25, 0.3) is 0 Å². The van der Waals surface area contributed by atoms with Gasteiger partial charge in [-0.3, -0.25) is 0 Å². The molecule has 0 saturated heterocycles. The fourth-order valence-electron chi connectivity index (χ4n) is 1.42. The minimum atomic E-state index is -0.669. The first-order chi connectivity index (χ1) is 5.02. The molecule has 0 aliphatic heterocycles. The summed E-state index contributed by atoms with van der Waals surface area (Å²) >= 11 is 0. The van der Waals surface area contributed by atoms with E-state index in [1.54, 1.807) is 0 Å². The number of nitrogens with one attached hydrogen (secondary N) is 1. The van der Waals surface area contributed by atoms with Crippen LogP contribution < -0.4 is 4.98 Å². The highest BCUT2D eigenvalue weighted by Gasteiger charge is 2.23. The number of unbranched alkanes of at least 4 members (excludes halogenated alkanes) is 1. The molecule has 0 saturated carbocycles. The largest absolute Gasteiger partial charge is 0.342 e. The fraction of sp³-hybridized carbons (Fsp3) is 1.00. The topological polar surface area (TPSA) is 12.0 Å². The third-order valence-electron chi connectivity index (χ3n) is 2.24. The summed E-state index contributed by atoms with van der Waals surface area (Å²) in [5.41, 5.74) is 0. The van der Waals surface area contributed by atoms with Crippen LogP contribution in [-0.4, -0.2) is 16.0 Å². The molecule has 0 spiro atoms. The first kappa shape index (κ1) is 11.2. The molecule has 2 heteroatoms. The predicted molar refractivity (Wildman–Crippen MR) is 55.6 cm³/mol. The minimum Gasteiger partial charge on any atom is -0.342 e. The molecule has 0 fully saturated rings. The standard InChI is InChI=1S/C9H23NSi/c1-6-7-8-11(10-5)9(2,3)4/h10-11H,6-8H2,1-5H3. The van der Waals surface area contributed by atoms with Crippen molar-refractivity contribution in [3.05, 3.63) is 0 Å². The molecular formula is C9H23NSi. The van der Waals surface area contributed by atoms with Gasteiger partial charge in [0, 0.05) is 0 Å². The molecule has 1 atom stereocenters. The molecule has 0 aromatic carbocycles. The van der Waals surface area contributed by atoms with E-state index in [0.717, 1.165) is 0 Å². The van der Waals surface area contributed by atoms with E-state index < -0.39 is 8.96 Å². The minimum absolute atomic E-state index is 0.546. The van der Waals surface area contributed by atoms with Gasteiger partial charge in [-0.25, -0.2) is 0 Å². The van der Waals surface area contributed by atoms with Gasteiger partial charge in [-0.1, -0.05) is 40.5 Å². The smallest absolute Gasteiger partial charge is 0.114 e. The molecule has 1 N–H and O–H groups in total. The summed E-state index contributed by atoms with van der Waals surface area (Å²) < 4.78 is 0. The highest BCUT2D eigenvalue weighted by Crippen LogP contribution is 2.28. The van der Waals surface area contributed by atoms with Gasteiger partial charge in [0.1, 0.15) is 8.96 Å². The highest BCUT2D eigenvalue weighted by molar-refractivity contribution is 6.59. The third kappa shape index (κ3) is 4.59. The quantitative estimate of drug-likeness (QED) is 0.644. The van der Waals surface area contributed by atoms with Crippen molar-refractivity contribution in [3.8, 4) is 0 Å². The van der Waals surface area contributed by atoms with E-state index in [9.17, 15) is 0 Å². The van der Waals surface area contributed by atoms with E-state index in [1.807, 2.05) is 0 Å². The van der Waals surface area contributed by atoms with Crippen LogP contribution in [0, 0.1) is 0 Å². The second-order valence-electron chi connectivity index (χ2n) is 4.35. The molecule has 1 nitrogen and oxygen atoms in total. The molecule has 0 radical (unpaired) electrons. The van der Waals surface area contributed by atoms with Crippen LogP contribution in [0.15, 0.2) is 0 Å². The Morgan fingerprint density at radius 2 is 1.82 bits per heavy atom. The molecule has 0 amide bonds. The van der Waals surface area contributed by atoms with Crippen molar-refractivity contribution in [2.24, 2.45) is 0 Å². The second kappa shape index (κ2) is 4.94. The van der Waals surface area contributed by atoms with Gasteiger partial charge in [0.25, 0.3) is 0 Å². The zero-order valence-corrected chi connectivity index (χ0v) is 9.85. The van der Waals surface area contributed by atoms with Gasteiger partial charge in [0.05, 0.1) is 0 Å². The molecule has 0 rings (SSSR count). The Kier molecular flexibility index (Phi) is 5.02. The van der Waals surface area contributed by atoms with Crippen LogP contribution in [-0.2, 0) is 0 Å². The van der Waals surface area contributed by atoms with Gasteiger partial charge in [0.15, 0.2) is 0 Å². The molecule has 0 aromatic rings. The van der Waals surface area contributed by atoms with Gasteiger partial charge in [-0.2, -0.15) is 0 Å². The first-order valence-electron chi connectivity index (χ1n) is 4.69. The summed E-state index contributed by atoms with van der Waals surface area (Å²) in [7, 11) is 1.45. The number of rotatable bonds is 4. The van der Waals surface area contributed by atoms with E-state index in [1.165, 1.54) is 18.9 Å². The predicted octanol–water partition coefficient (Wildman–Crippen LogP) is 2.53. The average molecular weight is 173 g/mol. The van der Waals surface area contributed by atoms with Gasteiger partial charge < -0.3 is 4.98 Å². The summed E-state index contributed by atoms with van der Waals surface area (Å²) in [4.78, 5) is 3.52. The Bertz CT molecular complexity index is 96.2. The molecule has 0 heterocycles. The highest BCUT2D eigenvalue weighted by atomic mass is 28.3. The number of hydrogen-bond acceptors (Lipinski definition) is 1. The molecule has 0 aromatic heterocycles. The Morgan fingerprint density at radius 3 is 2.09 bits per heavy atom. The summed E-state index contributed by atoms with van der Waals surface area (Å²) in [5.74, 6) is 0. The van der Waals surface area contributed by atoms with Crippen LogP contribution in [0.4, 0.5) is 0 Å². The molecule has 0 bridgehead atoms. The Balaban J connectivity index is 3.76. The first-order valence-corrected chi connectivity index (χ1v) is 6.66. The van der Waals surface area contributed by atoms with E-state index in [2.05, 4.69) is 39.7 Å². The maximum Gasteiger partial charge on any atom is 0.114 e. The maximum absolute atomic E-state index is 3.52. The van der Waals surface area contributed by atoms with E-state index >= 15 is 0 Å². The summed E-state index contributed by atoms with van der Waals surface area (Å²) in [6.07, 6.45) is 2.73. The zero-order valence-electron chi connectivity index (χ0n) is 8.70. The third-order valence-corrected chi connectivity index (χ3v) is 6.01. The number of hydrogen-bond donors (Lipinski definition) is 1. The maximum atomic E-state index is 3.52. The Morgan fingerprint density at radius 1 is 1.27 bits per heavy atom. The van der Waals surface area contributed by atoms with Crippen molar-refractivity contribution < 1.29 is 0 Å². The van der Waals surface area contributed by atoms with Crippen molar-refractivity contribution in [1.82, 2.24) is 4.98 Å². The van der Waals surface area contributed by atoms with Crippen molar-refractivity contribution >= 4 is 8.96 Å². The van der Waals surface area contributed by atoms with Crippen molar-refractivity contribution in [3.63, 3.8) is 0 Å². The lowest BCUT2D eigenvalue weighted by Gasteiger charge is -2.28. The SMILES string of the molecule is CCCC[SiH](NC)C(C)(C)C. The molecule has 68 valence electrons. The van der Waals surface area contributed by atoms with Crippen LogP contribution in [0.2, 0.25) is 11.1 Å². The lowest BCUT2D eigenvalue weighted by Crippen LogP contribution is -2.38. The van der Waals surface area contributed by atoms with E-state index in [-0.39, 0.29) is 0 Å². The summed E-state index contributed by atoms with van der Waals surface area (Å²) in [5, 5.41) is 0.546. The fourth-order valence-corrected chi connectivity index (χ4v) is 4.26. The monoisotopic (exact) mass is 173 g/mol. The van der Waals surface area contributed by atoms with Crippen molar-refractivity contribution in [2.75, 3.05) is 7.05 Å². The summed E-state index contributed by atoms with van der Waals surface area (Å²) in [6, 6.07) is 1.44. The van der Waals surface area contributed by atoms with E-state index in [4.69, 9.17) is 0 Å². The Labute approximate surface area is 73.3 Å². The van der Waals surface area contributed by atoms with Crippen LogP contribution in [0.5, 0.6) is 0 Å². The zero-order chi connectivity index (χ0) is 8.91. The normalized spacial score (nSPS) is 15.0. The van der Waals surface area contributed by atoms with Crippen LogP contribution in [0.3, 0.4) is 0 Å². The van der Waals surface area contributed by atoms with Crippen LogP contribution in [0.1, 0.15) is 40.5 Å². The lowest BCUT2D eigenvalue weighted by atomic mass is 10.2. The van der Waals surface area contributed by atoms with Crippen molar-refractivity contribution in [2.45, 2.75) is 51.6 Å². The average Bonchev–Trinajstić information content (AvgIpc) is 1.87. The molecule has 0 aliphatic carbocycles. The summed E-state index contributed by atoms with van der Waals surface area (Å²) in [6.45, 7) is 9.34. The van der Waals surface area contributed by atoms with E-state index in [0.29, 0.717) is 5.04 Å². The van der Waals surface area contributed by atoms with Gasteiger partial charge >= 0.3 is 0 Å². The second-order valence-corrected chi connectivity index (χ2v) is 8.34. The molecular weight excluding hydrogens is 150 g/mol. The van der Waals surface area contributed by atoms with Gasteiger partial charge in [0.2, 0.25) is 0 Å². The Hall–Kier alpha value is 0.177. The lowest BCUT2D eigenvalue weighted by molar-refractivity contribution is 0.701. The molecule has 11 heavy (non-hydrogen) atoms. The van der Waals surface area contributed by atoms with Gasteiger partial charge in [-0.15, -0.1) is 0 Å². The molecule has 1 unspecified atom stereocenters. The van der Waals surface area contributed by atoms with Crippen LogP contribution >= 0.6 is 0 Å².